The number of amides is 3. The lowest BCUT2D eigenvalue weighted by Gasteiger charge is -2.29. The molecule has 20 heteroatoms. The van der Waals surface area contributed by atoms with E-state index in [-0.39, 0.29) is 35.4 Å². The van der Waals surface area contributed by atoms with Crippen molar-refractivity contribution in [2.75, 3.05) is 43.1 Å². The number of nitrogens with one attached hydrogen (secondary N) is 4. The molecule has 0 radical (unpaired) electrons. The van der Waals surface area contributed by atoms with Crippen molar-refractivity contribution in [3.05, 3.63) is 72.3 Å². The average molecular weight is 854 g/mol. The molecule has 6 rings (SSSR count). The van der Waals surface area contributed by atoms with Crippen LogP contribution < -0.4 is 20.9 Å². The number of benzene rings is 2. The number of halogens is 4. The van der Waals surface area contributed by atoms with Crippen LogP contribution in [0.25, 0.3) is 22.5 Å². The van der Waals surface area contributed by atoms with Crippen molar-refractivity contribution >= 4 is 35.5 Å². The summed E-state index contributed by atoms with van der Waals surface area (Å²) in [5, 5.41) is 22.3. The molecule has 16 nitrogen and oxygen atoms in total. The fraction of sp³-hybridized carbons (Fsp3) is 0.463. The van der Waals surface area contributed by atoms with Crippen LogP contribution in [-0.2, 0) is 36.2 Å². The van der Waals surface area contributed by atoms with E-state index in [1.807, 2.05) is 29.2 Å². The molecule has 0 bridgehead atoms. The second-order valence-electron chi connectivity index (χ2n) is 16.0. The first kappa shape index (κ1) is 44.4. The van der Waals surface area contributed by atoms with E-state index in [0.29, 0.717) is 64.5 Å². The Kier molecular flexibility index (Phi) is 13.5. The first-order chi connectivity index (χ1) is 28.9. The van der Waals surface area contributed by atoms with Gasteiger partial charge in [-0.3, -0.25) is 14.7 Å². The predicted molar refractivity (Wildman–Crippen MR) is 213 cm³/mol. The third kappa shape index (κ3) is 11.2. The molecule has 2 aromatic carbocycles. The van der Waals surface area contributed by atoms with Crippen LogP contribution in [0.5, 0.6) is 0 Å². The van der Waals surface area contributed by atoms with E-state index in [2.05, 4.69) is 36.0 Å². The molecule has 1 saturated heterocycles. The smallest absolute Gasteiger partial charge is 0.411 e. The monoisotopic (exact) mass is 853 g/mol. The number of carboxylic acids is 1. The van der Waals surface area contributed by atoms with Crippen molar-refractivity contribution in [1.29, 1.82) is 0 Å². The molecule has 2 fully saturated rings. The average Bonchev–Trinajstić information content (AvgIpc) is 3.75. The third-order valence-electron chi connectivity index (χ3n) is 10.3. The van der Waals surface area contributed by atoms with Crippen molar-refractivity contribution in [3.63, 3.8) is 0 Å². The minimum absolute atomic E-state index is 0.0953. The minimum atomic E-state index is -5.45. The van der Waals surface area contributed by atoms with Gasteiger partial charge >= 0.3 is 23.9 Å². The van der Waals surface area contributed by atoms with E-state index in [9.17, 15) is 36.7 Å². The zero-order chi connectivity index (χ0) is 44.0. The maximum Gasteiger partial charge on any atom is 0.411 e. The van der Waals surface area contributed by atoms with Gasteiger partial charge in [-0.1, -0.05) is 24.3 Å². The Hall–Kier alpha value is -6.18. The molecular formula is C41H47F4N9O7. The number of carboxylic acid groups (broad SMARTS) is 1. The number of anilines is 2. The van der Waals surface area contributed by atoms with Crippen molar-refractivity contribution < 1.29 is 51.3 Å². The number of alkyl halides is 4. The number of H-pyrrole nitrogens is 1. The molecule has 1 aliphatic carbocycles. The Morgan fingerprint density at radius 1 is 0.902 bits per heavy atom. The van der Waals surface area contributed by atoms with Gasteiger partial charge in [0.1, 0.15) is 11.6 Å². The summed E-state index contributed by atoms with van der Waals surface area (Å²) in [7, 11) is 0. The van der Waals surface area contributed by atoms with Gasteiger partial charge in [0.2, 0.25) is 23.6 Å². The topological polar surface area (TPSA) is 214 Å². The van der Waals surface area contributed by atoms with E-state index in [1.54, 1.807) is 38.3 Å². The third-order valence-corrected chi connectivity index (χ3v) is 10.3. The number of hydrogen-bond acceptors (Lipinski definition) is 11. The van der Waals surface area contributed by atoms with Crippen molar-refractivity contribution in [2.24, 2.45) is 11.8 Å². The molecule has 3 heterocycles. The highest BCUT2D eigenvalue weighted by molar-refractivity contribution is 5.97. The van der Waals surface area contributed by atoms with Crippen LogP contribution >= 0.6 is 0 Å². The zero-order valence-corrected chi connectivity index (χ0v) is 33.7. The first-order valence-corrected chi connectivity index (χ1v) is 19.7. The first-order valence-electron chi connectivity index (χ1n) is 19.7. The highest BCUT2D eigenvalue weighted by Gasteiger charge is 2.65. The number of rotatable bonds is 14. The number of ether oxygens (including phenoxy) is 2. The summed E-state index contributed by atoms with van der Waals surface area (Å²) in [6.45, 7) is 8.38. The standard InChI is InChI=1S/C41H47F4N9O7/c1-39(2,3)61-38(59)48-21-25-6-10-28(11-7-25)33(55)50-31(20-24-4-8-26(9-5-24)29-22-46-37(47-23-29)54-16-18-60-19-17-54)34(56)49-30-14-12-27(13-15-30)32-51-35(53-52-32)40(42,43)41(44,45)36(57)58/h4-5,8-9,12-15,22-23,25,28,31H,6-7,10-11,16-21H2,1-3H3,(H,48,59)(H,49,56)(H,50,55)(H,57,58)(H,51,52,53)/t25?,28?,31-/m0/s1. The number of hydrogen-bond donors (Lipinski definition) is 5. The van der Waals surface area contributed by atoms with Gasteiger partial charge in [0.05, 0.1) is 13.2 Å². The number of aromatic amines is 1. The molecule has 0 unspecified atom stereocenters. The Labute approximate surface area is 348 Å². The van der Waals surface area contributed by atoms with Gasteiger partial charge in [-0.15, -0.1) is 0 Å². The Bertz CT molecular complexity index is 2150. The second kappa shape index (κ2) is 18.6. The lowest BCUT2D eigenvalue weighted by Crippen LogP contribution is -2.48. The van der Waals surface area contributed by atoms with Crippen molar-refractivity contribution in [1.82, 2.24) is 35.8 Å². The molecule has 5 N–H and O–H groups in total. The van der Waals surface area contributed by atoms with Crippen molar-refractivity contribution in [2.45, 2.75) is 76.4 Å². The van der Waals surface area contributed by atoms with Gasteiger partial charge in [0.25, 0.3) is 0 Å². The molecular weight excluding hydrogens is 806 g/mol. The van der Waals surface area contributed by atoms with E-state index < -0.39 is 53.1 Å². The highest BCUT2D eigenvalue weighted by atomic mass is 19.3. The van der Waals surface area contributed by atoms with Crippen LogP contribution in [-0.4, -0.2) is 105 Å². The summed E-state index contributed by atoms with van der Waals surface area (Å²) in [4.78, 5) is 64.9. The fourth-order valence-corrected chi connectivity index (χ4v) is 6.88. The Morgan fingerprint density at radius 2 is 1.52 bits per heavy atom. The number of aromatic nitrogens is 5. The molecule has 1 saturated carbocycles. The molecule has 4 aromatic rings. The van der Waals surface area contributed by atoms with Crippen LogP contribution in [0.15, 0.2) is 60.9 Å². The molecule has 2 aliphatic rings. The predicted octanol–water partition coefficient (Wildman–Crippen LogP) is 5.57. The van der Waals surface area contributed by atoms with Gasteiger partial charge in [-0.05, 0) is 87.8 Å². The van der Waals surface area contributed by atoms with Gasteiger partial charge in [0, 0.05) is 61.2 Å². The lowest BCUT2D eigenvalue weighted by atomic mass is 9.81. The van der Waals surface area contributed by atoms with Gasteiger partial charge in [-0.2, -0.15) is 22.7 Å². The summed E-state index contributed by atoms with van der Waals surface area (Å²) in [5.41, 5.74) is 2.10. The molecule has 0 spiro atoms. The van der Waals surface area contributed by atoms with Crippen LogP contribution in [0, 0.1) is 11.8 Å². The van der Waals surface area contributed by atoms with Gasteiger partial charge in [0.15, 0.2) is 5.82 Å². The largest absolute Gasteiger partial charge is 0.477 e. The maximum absolute atomic E-state index is 14.3. The summed E-state index contributed by atoms with van der Waals surface area (Å²) in [6, 6.07) is 11.9. The highest BCUT2D eigenvalue weighted by Crippen LogP contribution is 2.42. The van der Waals surface area contributed by atoms with Crippen LogP contribution in [0.2, 0.25) is 0 Å². The summed E-state index contributed by atoms with van der Waals surface area (Å²) in [6.07, 6.45) is 5.56. The van der Waals surface area contributed by atoms with E-state index >= 15 is 0 Å². The maximum atomic E-state index is 14.3. The molecule has 1 atom stereocenters. The number of aliphatic carboxylic acids is 1. The molecule has 1 aliphatic heterocycles. The number of alkyl carbamates (subject to hydrolysis) is 1. The number of carbonyl (C=O) groups is 4. The van der Waals surface area contributed by atoms with Crippen LogP contribution in [0.3, 0.4) is 0 Å². The normalized spacial score (nSPS) is 17.9. The number of carbonyl (C=O) groups excluding carboxylic acids is 3. The molecule has 2 aromatic heterocycles. The quantitative estimate of drug-likeness (QED) is 0.0985. The summed E-state index contributed by atoms with van der Waals surface area (Å²) in [5.74, 6) is -16.2. The Balaban J connectivity index is 1.12. The fourth-order valence-electron chi connectivity index (χ4n) is 6.88. The SMILES string of the molecule is CC(C)(C)OC(=O)NCC1CCC(C(=O)N[C@@H](Cc2ccc(-c3cnc(N4CCOCC4)nc3)cc2)C(=O)Nc2ccc(-c3n[nH]c(C(F)(F)C(F)(F)C(=O)O)n3)cc2)CC1. The molecule has 61 heavy (non-hydrogen) atoms. The van der Waals surface area contributed by atoms with E-state index in [4.69, 9.17) is 14.6 Å². The summed E-state index contributed by atoms with van der Waals surface area (Å²) >= 11 is 0. The minimum Gasteiger partial charge on any atom is -0.477 e. The van der Waals surface area contributed by atoms with E-state index in [1.165, 1.54) is 24.3 Å². The number of nitrogens with zero attached hydrogens (tertiary/aromatic N) is 5. The zero-order valence-electron chi connectivity index (χ0n) is 33.7. The van der Waals surface area contributed by atoms with Gasteiger partial charge in [-0.25, -0.2) is 24.5 Å². The summed E-state index contributed by atoms with van der Waals surface area (Å²) < 4.78 is 66.7. The lowest BCUT2D eigenvalue weighted by molar-refractivity contribution is -0.231. The van der Waals surface area contributed by atoms with Crippen molar-refractivity contribution in [3.8, 4) is 22.5 Å². The molecule has 326 valence electrons. The second-order valence-corrected chi connectivity index (χ2v) is 16.0. The van der Waals surface area contributed by atoms with E-state index in [0.717, 1.165) is 16.7 Å². The Morgan fingerprint density at radius 3 is 2.13 bits per heavy atom. The van der Waals surface area contributed by atoms with Crippen LogP contribution in [0.4, 0.5) is 34.0 Å². The number of morpholine rings is 1. The van der Waals surface area contributed by atoms with Gasteiger partial charge < -0.3 is 35.4 Å². The van der Waals surface area contributed by atoms with Crippen LogP contribution in [0.1, 0.15) is 57.8 Å². The molecule has 3 amide bonds.